The lowest BCUT2D eigenvalue weighted by atomic mass is 10.1. The van der Waals surface area contributed by atoms with Gasteiger partial charge in [0.05, 0.1) is 12.2 Å². The van der Waals surface area contributed by atoms with Crippen LogP contribution in [0.25, 0.3) is 0 Å². The Bertz CT molecular complexity index is 698. The summed E-state index contributed by atoms with van der Waals surface area (Å²) in [6.07, 6.45) is 0.534. The standard InChI is InChI=1S/C18H20N2O4/c1-2-24-17(22)14-6-8-15(9-7-14)19-18(23)20-16-5-3-4-13(12-16)10-11-21/h3-9,12,21H,2,10-11H2,1H3,(H2,19,20,23). The van der Waals surface area contributed by atoms with E-state index in [9.17, 15) is 9.59 Å². The fraction of sp³-hybridized carbons (Fsp3) is 0.222. The quantitative estimate of drug-likeness (QED) is 0.711. The van der Waals surface area contributed by atoms with Crippen LogP contribution in [0.1, 0.15) is 22.8 Å². The van der Waals surface area contributed by atoms with Crippen LogP contribution in [0.2, 0.25) is 0 Å². The third kappa shape index (κ3) is 5.10. The Morgan fingerprint density at radius 1 is 1.04 bits per heavy atom. The summed E-state index contributed by atoms with van der Waals surface area (Å²) in [4.78, 5) is 23.6. The highest BCUT2D eigenvalue weighted by atomic mass is 16.5. The molecule has 2 aromatic carbocycles. The average molecular weight is 328 g/mol. The molecule has 0 aliphatic rings. The summed E-state index contributed by atoms with van der Waals surface area (Å²) >= 11 is 0. The third-order valence-corrected chi connectivity index (χ3v) is 3.24. The van der Waals surface area contributed by atoms with Gasteiger partial charge in [-0.05, 0) is 55.3 Å². The minimum Gasteiger partial charge on any atom is -0.462 e. The molecule has 2 aromatic rings. The first kappa shape index (κ1) is 17.5. The topological polar surface area (TPSA) is 87.7 Å². The molecule has 0 aliphatic carbocycles. The van der Waals surface area contributed by atoms with Gasteiger partial charge >= 0.3 is 12.0 Å². The molecule has 0 spiro atoms. The van der Waals surface area contributed by atoms with Crippen LogP contribution < -0.4 is 10.6 Å². The fourth-order valence-electron chi connectivity index (χ4n) is 2.13. The number of aliphatic hydroxyl groups excluding tert-OH is 1. The number of amides is 2. The van der Waals surface area contributed by atoms with Gasteiger partial charge in [0, 0.05) is 18.0 Å². The minimum atomic E-state index is -0.394. The number of carbonyl (C=O) groups excluding carboxylic acids is 2. The van der Waals surface area contributed by atoms with Gasteiger partial charge in [0.2, 0.25) is 0 Å². The van der Waals surface area contributed by atoms with Crippen LogP contribution in [0.15, 0.2) is 48.5 Å². The van der Waals surface area contributed by atoms with E-state index in [-0.39, 0.29) is 12.6 Å². The Hall–Kier alpha value is -2.86. The van der Waals surface area contributed by atoms with Crippen LogP contribution in [0.3, 0.4) is 0 Å². The molecule has 24 heavy (non-hydrogen) atoms. The van der Waals surface area contributed by atoms with E-state index in [1.54, 1.807) is 43.3 Å². The van der Waals surface area contributed by atoms with Crippen molar-refractivity contribution in [3.8, 4) is 0 Å². The molecule has 0 unspecified atom stereocenters. The van der Waals surface area contributed by atoms with Gasteiger partial charge in [-0.2, -0.15) is 0 Å². The predicted molar refractivity (Wildman–Crippen MR) is 92.3 cm³/mol. The molecular weight excluding hydrogens is 308 g/mol. The average Bonchev–Trinajstić information content (AvgIpc) is 2.56. The molecule has 0 saturated heterocycles. The first-order valence-electron chi connectivity index (χ1n) is 7.67. The van der Waals surface area contributed by atoms with Crippen molar-refractivity contribution in [2.75, 3.05) is 23.8 Å². The zero-order valence-electron chi connectivity index (χ0n) is 13.4. The zero-order chi connectivity index (χ0) is 17.4. The molecule has 2 rings (SSSR count). The molecule has 0 heterocycles. The van der Waals surface area contributed by atoms with Crippen LogP contribution in [0.5, 0.6) is 0 Å². The Balaban J connectivity index is 1.94. The maximum absolute atomic E-state index is 12.0. The van der Waals surface area contributed by atoms with Crippen molar-refractivity contribution in [1.82, 2.24) is 0 Å². The number of aliphatic hydroxyl groups is 1. The maximum Gasteiger partial charge on any atom is 0.338 e. The number of hydrogen-bond acceptors (Lipinski definition) is 4. The zero-order valence-corrected chi connectivity index (χ0v) is 13.4. The van der Waals surface area contributed by atoms with Crippen molar-refractivity contribution in [2.24, 2.45) is 0 Å². The summed E-state index contributed by atoms with van der Waals surface area (Å²) in [5.41, 5.74) is 2.57. The summed E-state index contributed by atoms with van der Waals surface area (Å²) in [5.74, 6) is -0.394. The van der Waals surface area contributed by atoms with Gasteiger partial charge < -0.3 is 20.5 Å². The Kier molecular flexibility index (Phi) is 6.33. The molecule has 0 atom stereocenters. The predicted octanol–water partition coefficient (Wildman–Crippen LogP) is 3.04. The van der Waals surface area contributed by atoms with Crippen LogP contribution >= 0.6 is 0 Å². The lowest BCUT2D eigenvalue weighted by Gasteiger charge is -2.09. The molecule has 0 radical (unpaired) electrons. The number of rotatable bonds is 6. The van der Waals surface area contributed by atoms with Crippen LogP contribution in [-0.2, 0) is 11.2 Å². The number of hydrogen-bond donors (Lipinski definition) is 3. The van der Waals surface area contributed by atoms with E-state index in [1.807, 2.05) is 12.1 Å². The SMILES string of the molecule is CCOC(=O)c1ccc(NC(=O)Nc2cccc(CCO)c2)cc1. The van der Waals surface area contributed by atoms with Gasteiger partial charge in [-0.15, -0.1) is 0 Å². The van der Waals surface area contributed by atoms with E-state index in [4.69, 9.17) is 9.84 Å². The molecular formula is C18H20N2O4. The maximum atomic E-state index is 12.0. The van der Waals surface area contributed by atoms with Gasteiger partial charge in [0.1, 0.15) is 0 Å². The van der Waals surface area contributed by atoms with Crippen LogP contribution in [-0.4, -0.2) is 30.3 Å². The van der Waals surface area contributed by atoms with Crippen LogP contribution in [0, 0.1) is 0 Å². The highest BCUT2D eigenvalue weighted by Gasteiger charge is 2.07. The number of urea groups is 1. The molecule has 0 aromatic heterocycles. The molecule has 0 fully saturated rings. The van der Waals surface area contributed by atoms with E-state index in [2.05, 4.69) is 10.6 Å². The van der Waals surface area contributed by atoms with Crippen molar-refractivity contribution >= 4 is 23.4 Å². The molecule has 0 aliphatic heterocycles. The van der Waals surface area contributed by atoms with Gasteiger partial charge in [-0.3, -0.25) is 0 Å². The molecule has 0 bridgehead atoms. The summed E-state index contributed by atoms with van der Waals surface area (Å²) in [5, 5.41) is 14.4. The highest BCUT2D eigenvalue weighted by molar-refractivity contribution is 6.00. The smallest absolute Gasteiger partial charge is 0.338 e. The lowest BCUT2D eigenvalue weighted by Crippen LogP contribution is -2.19. The largest absolute Gasteiger partial charge is 0.462 e. The molecule has 3 N–H and O–H groups in total. The van der Waals surface area contributed by atoms with Crippen molar-refractivity contribution in [2.45, 2.75) is 13.3 Å². The number of benzene rings is 2. The van der Waals surface area contributed by atoms with Gasteiger partial charge in [-0.25, -0.2) is 9.59 Å². The summed E-state index contributed by atoms with van der Waals surface area (Å²) in [6.45, 7) is 2.12. The van der Waals surface area contributed by atoms with E-state index < -0.39 is 5.97 Å². The van der Waals surface area contributed by atoms with Crippen molar-refractivity contribution in [3.63, 3.8) is 0 Å². The fourth-order valence-corrected chi connectivity index (χ4v) is 2.13. The second-order valence-corrected chi connectivity index (χ2v) is 5.05. The van der Waals surface area contributed by atoms with E-state index in [0.717, 1.165) is 5.56 Å². The van der Waals surface area contributed by atoms with Crippen molar-refractivity contribution in [1.29, 1.82) is 0 Å². The number of esters is 1. The monoisotopic (exact) mass is 328 g/mol. The summed E-state index contributed by atoms with van der Waals surface area (Å²) in [7, 11) is 0. The minimum absolute atomic E-state index is 0.0580. The second-order valence-electron chi connectivity index (χ2n) is 5.05. The van der Waals surface area contributed by atoms with E-state index in [1.165, 1.54) is 0 Å². The Morgan fingerprint density at radius 2 is 1.75 bits per heavy atom. The van der Waals surface area contributed by atoms with Crippen molar-refractivity contribution < 1.29 is 19.4 Å². The van der Waals surface area contributed by atoms with Gasteiger partial charge in [0.15, 0.2) is 0 Å². The van der Waals surface area contributed by atoms with Gasteiger partial charge in [-0.1, -0.05) is 12.1 Å². The summed E-state index contributed by atoms with van der Waals surface area (Å²) in [6, 6.07) is 13.3. The third-order valence-electron chi connectivity index (χ3n) is 3.24. The van der Waals surface area contributed by atoms with Crippen molar-refractivity contribution in [3.05, 3.63) is 59.7 Å². The second kappa shape index (κ2) is 8.69. The number of ether oxygens (including phenoxy) is 1. The Morgan fingerprint density at radius 3 is 2.42 bits per heavy atom. The first-order valence-corrected chi connectivity index (χ1v) is 7.67. The normalized spacial score (nSPS) is 10.1. The number of nitrogens with one attached hydrogen (secondary N) is 2. The molecule has 126 valence electrons. The van der Waals surface area contributed by atoms with E-state index in [0.29, 0.717) is 30.0 Å². The lowest BCUT2D eigenvalue weighted by molar-refractivity contribution is 0.0526. The molecule has 6 nitrogen and oxygen atoms in total. The Labute approximate surface area is 140 Å². The number of carbonyl (C=O) groups is 2. The summed E-state index contributed by atoms with van der Waals surface area (Å²) < 4.78 is 4.90. The van der Waals surface area contributed by atoms with E-state index >= 15 is 0 Å². The molecule has 2 amide bonds. The van der Waals surface area contributed by atoms with Crippen LogP contribution in [0.4, 0.5) is 16.2 Å². The number of anilines is 2. The first-order chi connectivity index (χ1) is 11.6. The van der Waals surface area contributed by atoms with Gasteiger partial charge in [0.25, 0.3) is 0 Å². The molecule has 6 heteroatoms. The molecule has 0 saturated carbocycles. The highest BCUT2D eigenvalue weighted by Crippen LogP contribution is 2.14.